The van der Waals surface area contributed by atoms with Crippen molar-refractivity contribution in [3.63, 3.8) is 0 Å². The van der Waals surface area contributed by atoms with Crippen molar-refractivity contribution in [2.45, 2.75) is 110 Å². The Kier molecular flexibility index (Phi) is 15.2. The molecule has 3 aliphatic heterocycles. The van der Waals surface area contributed by atoms with Crippen molar-refractivity contribution in [2.24, 2.45) is 29.1 Å². The van der Waals surface area contributed by atoms with Crippen molar-refractivity contribution in [3.05, 3.63) is 53.1 Å². The molecule has 3 heterocycles. The van der Waals surface area contributed by atoms with Crippen molar-refractivity contribution >= 4 is 47.2 Å². The van der Waals surface area contributed by atoms with Crippen molar-refractivity contribution < 1.29 is 57.6 Å². The van der Waals surface area contributed by atoms with Gasteiger partial charge in [-0.1, -0.05) is 38.1 Å². The van der Waals surface area contributed by atoms with E-state index in [0.717, 1.165) is 16.9 Å². The molecule has 0 saturated carbocycles. The summed E-state index contributed by atoms with van der Waals surface area (Å²) in [5.74, 6) is -2.54. The van der Waals surface area contributed by atoms with Gasteiger partial charge in [0.1, 0.15) is 18.2 Å². The number of benzene rings is 1. The number of nitrogens with one attached hydrogen (secondary N) is 3. The summed E-state index contributed by atoms with van der Waals surface area (Å²) in [6, 6.07) is 3.82. The quantitative estimate of drug-likeness (QED) is 0.0891. The summed E-state index contributed by atoms with van der Waals surface area (Å²) in [6.07, 6.45) is 8.40. The highest BCUT2D eigenvalue weighted by Crippen LogP contribution is 2.46. The van der Waals surface area contributed by atoms with Crippen LogP contribution in [0.5, 0.6) is 0 Å². The van der Waals surface area contributed by atoms with Crippen LogP contribution in [0, 0.1) is 29.1 Å². The second kappa shape index (κ2) is 20.3. The van der Waals surface area contributed by atoms with Gasteiger partial charge in [-0.3, -0.25) is 43.8 Å². The lowest BCUT2D eigenvalue weighted by molar-refractivity contribution is -0.166. The minimum Gasteiger partial charge on any atom is -0.462 e. The summed E-state index contributed by atoms with van der Waals surface area (Å²) in [6.45, 7) is 9.63. The molecule has 6 rings (SSSR count). The molecule has 8 atom stereocenters. The highest BCUT2D eigenvalue weighted by molar-refractivity contribution is 6.25. The third kappa shape index (κ3) is 11.3. The monoisotopic (exact) mass is 848 g/mol. The molecule has 0 radical (unpaired) electrons. The summed E-state index contributed by atoms with van der Waals surface area (Å²) < 4.78 is 23.1. The zero-order valence-electron chi connectivity index (χ0n) is 35.6. The Morgan fingerprint density at radius 3 is 2.48 bits per heavy atom. The van der Waals surface area contributed by atoms with E-state index in [1.807, 2.05) is 0 Å². The smallest absolute Gasteiger partial charge is 0.311 e. The van der Waals surface area contributed by atoms with Crippen LogP contribution in [0.4, 0.5) is 5.69 Å². The Morgan fingerprint density at radius 2 is 1.74 bits per heavy atom. The molecule has 2 fully saturated rings. The number of anilines is 1. The molecule has 0 spiro atoms. The number of cyclic esters (lactones) is 1. The summed E-state index contributed by atoms with van der Waals surface area (Å²) >= 11 is 0. The van der Waals surface area contributed by atoms with Gasteiger partial charge in [0.05, 0.1) is 55.5 Å². The lowest BCUT2D eigenvalue weighted by atomic mass is 9.65. The fourth-order valence-corrected chi connectivity index (χ4v) is 9.06. The Bertz CT molecular complexity index is 1910. The standard InChI is InChI=1S/C45H60N4O12/c1-26-22-28-9-8-27(2)31(11-10-30-24-29(50)25-38(53)60-30)39(28)35(23-26)61-44(57)45(3,4)15-14-36(51)47-17-19-59-21-20-58-18-16-46-33-7-5-6-32-40(33)43(56)49(42(32)55)34-12-13-37(52)48-41(34)54/h5-9,22,26-27,29-31,34-35,39,46,50H,10-21,23-25H2,1-4H3,(H,47,51)(H,48,52,54)/t26-,27-,29+,30+,31-,34?,35-,39-/m0/s1. The average Bonchev–Trinajstić information content (AvgIpc) is 3.46. The number of rotatable bonds is 19. The van der Waals surface area contributed by atoms with Gasteiger partial charge in [-0.25, -0.2) is 0 Å². The van der Waals surface area contributed by atoms with Crippen LogP contribution in [0.1, 0.15) is 106 Å². The van der Waals surface area contributed by atoms with Crippen LogP contribution < -0.4 is 16.0 Å². The van der Waals surface area contributed by atoms with Gasteiger partial charge in [0.15, 0.2) is 0 Å². The van der Waals surface area contributed by atoms with Gasteiger partial charge in [0.2, 0.25) is 17.7 Å². The van der Waals surface area contributed by atoms with Crippen molar-refractivity contribution in [3.8, 4) is 0 Å². The Labute approximate surface area is 356 Å². The number of imide groups is 2. The van der Waals surface area contributed by atoms with E-state index in [1.54, 1.807) is 26.0 Å². The second-order valence-electron chi connectivity index (χ2n) is 17.6. The molecule has 332 valence electrons. The highest BCUT2D eigenvalue weighted by atomic mass is 16.6. The van der Waals surface area contributed by atoms with Gasteiger partial charge in [-0.15, -0.1) is 0 Å². The fraction of sp³-hybridized carbons (Fsp3) is 0.622. The number of carbonyl (C=O) groups is 7. The number of ether oxygens (including phenoxy) is 4. The number of allylic oxidation sites excluding steroid dienone is 3. The van der Waals surface area contributed by atoms with E-state index in [9.17, 15) is 38.7 Å². The summed E-state index contributed by atoms with van der Waals surface area (Å²) in [5, 5.41) is 18.3. The Morgan fingerprint density at radius 1 is 0.984 bits per heavy atom. The molecule has 61 heavy (non-hydrogen) atoms. The molecule has 0 bridgehead atoms. The normalized spacial score (nSPS) is 27.5. The van der Waals surface area contributed by atoms with E-state index in [0.29, 0.717) is 37.9 Å². The zero-order valence-corrected chi connectivity index (χ0v) is 35.6. The first kappa shape index (κ1) is 45.6. The summed E-state index contributed by atoms with van der Waals surface area (Å²) in [5.41, 5.74) is 1.08. The number of fused-ring (bicyclic) bond motifs is 2. The molecule has 1 aromatic carbocycles. The van der Waals surface area contributed by atoms with Gasteiger partial charge in [-0.2, -0.15) is 0 Å². The summed E-state index contributed by atoms with van der Waals surface area (Å²) in [4.78, 5) is 89.5. The second-order valence-corrected chi connectivity index (χ2v) is 17.6. The van der Waals surface area contributed by atoms with Crippen LogP contribution in [0.25, 0.3) is 0 Å². The first-order chi connectivity index (χ1) is 29.1. The van der Waals surface area contributed by atoms with E-state index in [4.69, 9.17) is 18.9 Å². The lowest BCUT2D eigenvalue weighted by Crippen LogP contribution is -2.54. The maximum absolute atomic E-state index is 13.7. The maximum Gasteiger partial charge on any atom is 0.311 e. The first-order valence-corrected chi connectivity index (χ1v) is 21.6. The van der Waals surface area contributed by atoms with Gasteiger partial charge in [0.25, 0.3) is 11.8 Å². The molecular formula is C45H60N4O12. The third-order valence-electron chi connectivity index (χ3n) is 12.4. The van der Waals surface area contributed by atoms with Crippen LogP contribution in [-0.4, -0.2) is 115 Å². The average molecular weight is 849 g/mol. The molecular weight excluding hydrogens is 789 g/mol. The molecule has 5 amide bonds. The van der Waals surface area contributed by atoms with Gasteiger partial charge < -0.3 is 34.7 Å². The van der Waals surface area contributed by atoms with E-state index in [2.05, 4.69) is 48.0 Å². The minimum atomic E-state index is -1.04. The number of nitrogens with zero attached hydrogens (tertiary/aromatic N) is 1. The van der Waals surface area contributed by atoms with Crippen LogP contribution in [0.2, 0.25) is 0 Å². The van der Waals surface area contributed by atoms with Crippen LogP contribution >= 0.6 is 0 Å². The molecule has 5 aliphatic rings. The van der Waals surface area contributed by atoms with Gasteiger partial charge in [-0.05, 0) is 81.4 Å². The van der Waals surface area contributed by atoms with E-state index < -0.39 is 41.2 Å². The predicted molar refractivity (Wildman–Crippen MR) is 221 cm³/mol. The van der Waals surface area contributed by atoms with Crippen molar-refractivity contribution in [1.29, 1.82) is 0 Å². The number of carbonyl (C=O) groups excluding carboxylic acids is 7. The Hall–Kier alpha value is -4.93. The minimum absolute atomic E-state index is 0.00214. The maximum atomic E-state index is 13.7. The molecule has 1 unspecified atom stereocenters. The lowest BCUT2D eigenvalue weighted by Gasteiger charge is -2.44. The first-order valence-electron chi connectivity index (χ1n) is 21.6. The predicted octanol–water partition coefficient (Wildman–Crippen LogP) is 3.62. The van der Waals surface area contributed by atoms with E-state index in [1.165, 1.54) is 6.07 Å². The number of esters is 2. The van der Waals surface area contributed by atoms with Crippen LogP contribution in [0.15, 0.2) is 42.0 Å². The SMILES string of the molecule is C[C@H]1C=C2C=C[C@H](C)[C@H](CC[C@@H]3C[C@@H](O)CC(=O)O3)[C@H]2[C@@H](OC(=O)C(C)(C)CCC(=O)NCCOCCOCCNc2cccc3c2C(=O)N(C2CCC(=O)NC2=O)C3=O)C1. The van der Waals surface area contributed by atoms with Crippen molar-refractivity contribution in [2.75, 3.05) is 44.8 Å². The van der Waals surface area contributed by atoms with E-state index >= 15 is 0 Å². The molecule has 1 aromatic rings. The number of aliphatic hydroxyl groups excluding tert-OH is 1. The number of piperidine rings is 1. The number of amides is 5. The zero-order chi connectivity index (χ0) is 43.8. The molecule has 4 N–H and O–H groups in total. The molecule has 16 nitrogen and oxygen atoms in total. The number of hydrogen-bond acceptors (Lipinski definition) is 13. The van der Waals surface area contributed by atoms with Crippen LogP contribution in [-0.2, 0) is 42.9 Å². The van der Waals surface area contributed by atoms with Gasteiger partial charge in [0, 0.05) is 44.0 Å². The molecule has 2 aliphatic carbocycles. The third-order valence-corrected chi connectivity index (χ3v) is 12.4. The number of hydrogen-bond donors (Lipinski definition) is 4. The Balaban J connectivity index is 0.859. The topological polar surface area (TPSA) is 216 Å². The largest absolute Gasteiger partial charge is 0.462 e. The van der Waals surface area contributed by atoms with Crippen molar-refractivity contribution in [1.82, 2.24) is 15.5 Å². The van der Waals surface area contributed by atoms with Crippen LogP contribution in [0.3, 0.4) is 0 Å². The molecule has 2 saturated heterocycles. The highest BCUT2D eigenvalue weighted by Gasteiger charge is 2.46. The van der Waals surface area contributed by atoms with E-state index in [-0.39, 0.29) is 124 Å². The van der Waals surface area contributed by atoms with Gasteiger partial charge >= 0.3 is 11.9 Å². The summed E-state index contributed by atoms with van der Waals surface area (Å²) in [7, 11) is 0. The molecule has 0 aromatic heterocycles. The fourth-order valence-electron chi connectivity index (χ4n) is 9.06. The molecule has 16 heteroatoms. The number of aliphatic hydroxyl groups is 1.